The number of nitrogens with zero attached hydrogens (tertiary/aromatic N) is 2. The molecule has 1 aliphatic heterocycles. The second kappa shape index (κ2) is 8.85. The van der Waals surface area contributed by atoms with Gasteiger partial charge in [-0.1, -0.05) is 41.9 Å². The van der Waals surface area contributed by atoms with E-state index in [0.29, 0.717) is 22.9 Å². The standard InChI is InChI=1S/C25H20ClFN2O3/c1-3-28(19-7-5-4-6-8-19)23-22(16-9-12-18(27)13-10-16)24(30)29(25(23)31)20-15-17(26)11-14-21(20)32-2/h4-15H,3H2,1-2H3. The number of para-hydroxylation sites is 1. The SMILES string of the molecule is CCN(C1=C(c2ccc(F)cc2)C(=O)N(c2cc(Cl)ccc2OC)C1=O)c1ccccc1. The molecule has 0 spiro atoms. The molecule has 0 bridgehead atoms. The van der Waals surface area contributed by atoms with Crippen molar-refractivity contribution in [1.29, 1.82) is 0 Å². The zero-order chi connectivity index (χ0) is 22.8. The van der Waals surface area contributed by atoms with E-state index >= 15 is 0 Å². The maximum atomic E-state index is 13.8. The number of methoxy groups -OCH3 is 1. The Morgan fingerprint density at radius 3 is 2.28 bits per heavy atom. The highest BCUT2D eigenvalue weighted by molar-refractivity contribution is 6.46. The van der Waals surface area contributed by atoms with Gasteiger partial charge in [0.05, 0.1) is 18.4 Å². The monoisotopic (exact) mass is 450 g/mol. The van der Waals surface area contributed by atoms with Gasteiger partial charge in [-0.25, -0.2) is 9.29 Å². The third kappa shape index (κ3) is 3.74. The summed E-state index contributed by atoms with van der Waals surface area (Å²) < 4.78 is 19.0. The molecule has 1 heterocycles. The molecule has 1 aliphatic rings. The Morgan fingerprint density at radius 1 is 0.969 bits per heavy atom. The van der Waals surface area contributed by atoms with Crippen molar-refractivity contribution in [3.8, 4) is 5.75 Å². The van der Waals surface area contributed by atoms with Crippen molar-refractivity contribution in [2.75, 3.05) is 23.5 Å². The van der Waals surface area contributed by atoms with Crippen LogP contribution in [0.1, 0.15) is 12.5 Å². The Bertz CT molecular complexity index is 1210. The first kappa shape index (κ1) is 21.6. The lowest BCUT2D eigenvalue weighted by molar-refractivity contribution is -0.120. The zero-order valence-electron chi connectivity index (χ0n) is 17.5. The van der Waals surface area contributed by atoms with Crippen LogP contribution >= 0.6 is 11.6 Å². The number of benzene rings is 3. The van der Waals surface area contributed by atoms with E-state index in [1.165, 1.54) is 37.4 Å². The molecule has 0 unspecified atom stereocenters. The summed E-state index contributed by atoms with van der Waals surface area (Å²) in [6.07, 6.45) is 0. The number of amides is 2. The lowest BCUT2D eigenvalue weighted by Crippen LogP contribution is -2.35. The molecule has 2 amide bonds. The Morgan fingerprint density at radius 2 is 1.66 bits per heavy atom. The van der Waals surface area contributed by atoms with E-state index in [0.717, 1.165) is 10.6 Å². The van der Waals surface area contributed by atoms with Crippen molar-refractivity contribution in [2.45, 2.75) is 6.92 Å². The van der Waals surface area contributed by atoms with Crippen LogP contribution in [0.25, 0.3) is 5.57 Å². The molecule has 0 saturated heterocycles. The van der Waals surface area contributed by atoms with Crippen LogP contribution in [0.5, 0.6) is 5.75 Å². The predicted molar refractivity (Wildman–Crippen MR) is 123 cm³/mol. The third-order valence-corrected chi connectivity index (χ3v) is 5.46. The summed E-state index contributed by atoms with van der Waals surface area (Å²) in [7, 11) is 1.45. The van der Waals surface area contributed by atoms with Crippen molar-refractivity contribution >= 4 is 40.4 Å². The fourth-order valence-corrected chi connectivity index (χ4v) is 3.95. The molecule has 0 aromatic heterocycles. The molecule has 32 heavy (non-hydrogen) atoms. The van der Waals surface area contributed by atoms with Gasteiger partial charge in [0.25, 0.3) is 11.8 Å². The summed E-state index contributed by atoms with van der Waals surface area (Å²) in [5.74, 6) is -1.15. The number of carbonyl (C=O) groups excluding carboxylic acids is 2. The minimum atomic E-state index is -0.536. The maximum Gasteiger partial charge on any atom is 0.282 e. The summed E-state index contributed by atoms with van der Waals surface area (Å²) in [4.78, 5) is 30.3. The minimum absolute atomic E-state index is 0.183. The minimum Gasteiger partial charge on any atom is -0.495 e. The number of likely N-dealkylation sites (N-methyl/N-ethyl adjacent to an activating group) is 1. The van der Waals surface area contributed by atoms with Gasteiger partial charge in [-0.2, -0.15) is 0 Å². The Labute approximate surface area is 190 Å². The first-order chi connectivity index (χ1) is 15.5. The molecule has 0 radical (unpaired) electrons. The van der Waals surface area contributed by atoms with Gasteiger partial charge in [0.15, 0.2) is 0 Å². The molecular weight excluding hydrogens is 431 g/mol. The number of hydrogen-bond acceptors (Lipinski definition) is 4. The van der Waals surface area contributed by atoms with Crippen LogP contribution in [0.4, 0.5) is 15.8 Å². The van der Waals surface area contributed by atoms with Crippen molar-refractivity contribution in [3.05, 3.63) is 94.9 Å². The van der Waals surface area contributed by atoms with Gasteiger partial charge in [-0.3, -0.25) is 9.59 Å². The lowest BCUT2D eigenvalue weighted by Gasteiger charge is -2.25. The molecule has 5 nitrogen and oxygen atoms in total. The van der Waals surface area contributed by atoms with E-state index in [4.69, 9.17) is 16.3 Å². The Kier molecular flexibility index (Phi) is 5.97. The highest BCUT2D eigenvalue weighted by Gasteiger charge is 2.43. The highest BCUT2D eigenvalue weighted by atomic mass is 35.5. The van der Waals surface area contributed by atoms with Crippen molar-refractivity contribution in [1.82, 2.24) is 0 Å². The van der Waals surface area contributed by atoms with Crippen LogP contribution in [-0.4, -0.2) is 25.5 Å². The number of carbonyl (C=O) groups is 2. The van der Waals surface area contributed by atoms with Gasteiger partial charge in [0.1, 0.15) is 17.3 Å². The summed E-state index contributed by atoms with van der Waals surface area (Å²) in [5, 5.41) is 0.355. The van der Waals surface area contributed by atoms with E-state index in [9.17, 15) is 14.0 Å². The largest absolute Gasteiger partial charge is 0.495 e. The van der Waals surface area contributed by atoms with Gasteiger partial charge >= 0.3 is 0 Å². The second-order valence-corrected chi connectivity index (χ2v) is 7.51. The maximum absolute atomic E-state index is 13.8. The van der Waals surface area contributed by atoms with Crippen molar-refractivity contribution in [3.63, 3.8) is 0 Å². The average molecular weight is 451 g/mol. The fourth-order valence-electron chi connectivity index (χ4n) is 3.78. The van der Waals surface area contributed by atoms with Crippen LogP contribution < -0.4 is 14.5 Å². The van der Waals surface area contributed by atoms with Gasteiger partial charge < -0.3 is 9.64 Å². The van der Waals surface area contributed by atoms with Crippen LogP contribution in [0, 0.1) is 5.82 Å². The van der Waals surface area contributed by atoms with E-state index in [1.54, 1.807) is 17.0 Å². The number of hydrogen-bond donors (Lipinski definition) is 0. The molecule has 4 rings (SSSR count). The molecule has 162 valence electrons. The highest BCUT2D eigenvalue weighted by Crippen LogP contribution is 2.40. The zero-order valence-corrected chi connectivity index (χ0v) is 18.3. The fraction of sp³-hybridized carbons (Fsp3) is 0.120. The summed E-state index contributed by atoms with van der Waals surface area (Å²) in [6.45, 7) is 2.33. The summed E-state index contributed by atoms with van der Waals surface area (Å²) in [5.41, 5.74) is 1.83. The summed E-state index contributed by atoms with van der Waals surface area (Å²) >= 11 is 6.17. The number of rotatable bonds is 6. The number of ether oxygens (including phenoxy) is 1. The molecule has 7 heteroatoms. The van der Waals surface area contributed by atoms with E-state index in [2.05, 4.69) is 0 Å². The molecule has 3 aromatic carbocycles. The molecule has 0 aliphatic carbocycles. The predicted octanol–water partition coefficient (Wildman–Crippen LogP) is 5.30. The molecule has 0 saturated carbocycles. The van der Waals surface area contributed by atoms with Crippen LogP contribution in [-0.2, 0) is 9.59 Å². The van der Waals surface area contributed by atoms with Gasteiger partial charge in [0.2, 0.25) is 0 Å². The van der Waals surface area contributed by atoms with Gasteiger partial charge in [-0.05, 0) is 55.0 Å². The van der Waals surface area contributed by atoms with Gasteiger partial charge in [0, 0.05) is 17.3 Å². The molecule has 3 aromatic rings. The van der Waals surface area contributed by atoms with Crippen molar-refractivity contribution in [2.24, 2.45) is 0 Å². The first-order valence-corrected chi connectivity index (χ1v) is 10.4. The van der Waals surface area contributed by atoms with Crippen LogP contribution in [0.3, 0.4) is 0 Å². The Balaban J connectivity index is 1.93. The average Bonchev–Trinajstić information content (AvgIpc) is 3.05. The first-order valence-electron chi connectivity index (χ1n) is 10.0. The second-order valence-electron chi connectivity index (χ2n) is 7.07. The quantitative estimate of drug-likeness (QED) is 0.478. The van der Waals surface area contributed by atoms with E-state index in [-0.39, 0.29) is 17.0 Å². The topological polar surface area (TPSA) is 49.9 Å². The number of anilines is 2. The molecular formula is C25H20ClFN2O3. The summed E-state index contributed by atoms with van der Waals surface area (Å²) in [6, 6.07) is 19.5. The normalized spacial score (nSPS) is 13.7. The Hall–Kier alpha value is -3.64. The lowest BCUT2D eigenvalue weighted by atomic mass is 10.0. The van der Waals surface area contributed by atoms with Crippen LogP contribution in [0.15, 0.2) is 78.5 Å². The van der Waals surface area contributed by atoms with Crippen molar-refractivity contribution < 1.29 is 18.7 Å². The molecule has 0 fully saturated rings. The van der Waals surface area contributed by atoms with E-state index in [1.807, 2.05) is 37.3 Å². The van der Waals surface area contributed by atoms with Crippen LogP contribution in [0.2, 0.25) is 5.02 Å². The number of halogens is 2. The third-order valence-electron chi connectivity index (χ3n) is 5.23. The number of imide groups is 1. The molecule has 0 N–H and O–H groups in total. The van der Waals surface area contributed by atoms with Gasteiger partial charge in [-0.15, -0.1) is 0 Å². The van der Waals surface area contributed by atoms with E-state index < -0.39 is 17.6 Å². The molecule has 0 atom stereocenters. The smallest absolute Gasteiger partial charge is 0.282 e.